The number of para-hydroxylation sites is 1. The van der Waals surface area contributed by atoms with Gasteiger partial charge in [0, 0.05) is 18.1 Å². The fourth-order valence-electron chi connectivity index (χ4n) is 2.55. The fraction of sp³-hybridized carbons (Fsp3) is 0.294. The molecule has 0 saturated heterocycles. The molecule has 1 aliphatic rings. The SMILES string of the molecule is COc1cc(Oc2cccc3c2OC(C)(C)C3)ccc1N. The zero-order chi connectivity index (χ0) is 15.0. The van der Waals surface area contributed by atoms with Crippen LogP contribution in [0.3, 0.4) is 0 Å². The number of benzene rings is 2. The average molecular weight is 285 g/mol. The van der Waals surface area contributed by atoms with E-state index in [1.807, 2.05) is 18.2 Å². The first kappa shape index (κ1) is 13.6. The molecule has 110 valence electrons. The van der Waals surface area contributed by atoms with Crippen LogP contribution in [-0.4, -0.2) is 12.7 Å². The standard InChI is InChI=1S/C17H19NO3/c1-17(2)10-11-5-4-6-14(16(11)21-17)20-12-7-8-13(18)15(9-12)19-3/h4-9H,10,18H2,1-3H3. The topological polar surface area (TPSA) is 53.7 Å². The smallest absolute Gasteiger partial charge is 0.169 e. The molecule has 0 unspecified atom stereocenters. The van der Waals surface area contributed by atoms with Crippen LogP contribution in [0.5, 0.6) is 23.0 Å². The van der Waals surface area contributed by atoms with Crippen molar-refractivity contribution in [3.63, 3.8) is 0 Å². The number of nitrogen functional groups attached to an aromatic ring is 1. The van der Waals surface area contributed by atoms with Crippen LogP contribution in [-0.2, 0) is 6.42 Å². The van der Waals surface area contributed by atoms with Gasteiger partial charge in [0.25, 0.3) is 0 Å². The summed E-state index contributed by atoms with van der Waals surface area (Å²) < 4.78 is 17.2. The minimum absolute atomic E-state index is 0.194. The molecule has 0 aromatic heterocycles. The zero-order valence-electron chi connectivity index (χ0n) is 12.5. The van der Waals surface area contributed by atoms with Crippen molar-refractivity contribution in [1.82, 2.24) is 0 Å². The quantitative estimate of drug-likeness (QED) is 0.872. The maximum Gasteiger partial charge on any atom is 0.169 e. The third-order valence-electron chi connectivity index (χ3n) is 3.49. The molecule has 0 spiro atoms. The molecule has 0 saturated carbocycles. The van der Waals surface area contributed by atoms with Crippen molar-refractivity contribution in [2.75, 3.05) is 12.8 Å². The van der Waals surface area contributed by atoms with Crippen molar-refractivity contribution in [2.45, 2.75) is 25.9 Å². The summed E-state index contributed by atoms with van der Waals surface area (Å²) in [5.41, 5.74) is 7.37. The first-order chi connectivity index (χ1) is 9.98. The Bertz CT molecular complexity index is 680. The number of rotatable bonds is 3. The molecule has 4 heteroatoms. The van der Waals surface area contributed by atoms with Crippen molar-refractivity contribution in [3.8, 4) is 23.0 Å². The Morgan fingerprint density at radius 2 is 1.95 bits per heavy atom. The highest BCUT2D eigenvalue weighted by molar-refractivity contribution is 5.57. The Hall–Kier alpha value is -2.36. The molecule has 0 aliphatic carbocycles. The van der Waals surface area contributed by atoms with Gasteiger partial charge in [-0.15, -0.1) is 0 Å². The first-order valence-corrected chi connectivity index (χ1v) is 6.91. The molecule has 2 aromatic rings. The van der Waals surface area contributed by atoms with E-state index in [-0.39, 0.29) is 5.60 Å². The second-order valence-electron chi connectivity index (χ2n) is 5.79. The van der Waals surface area contributed by atoms with Crippen LogP contribution in [0.15, 0.2) is 36.4 Å². The Morgan fingerprint density at radius 3 is 2.71 bits per heavy atom. The van der Waals surface area contributed by atoms with Gasteiger partial charge >= 0.3 is 0 Å². The van der Waals surface area contributed by atoms with Gasteiger partial charge in [-0.25, -0.2) is 0 Å². The summed E-state index contributed by atoms with van der Waals surface area (Å²) >= 11 is 0. The van der Waals surface area contributed by atoms with Gasteiger partial charge < -0.3 is 19.9 Å². The molecule has 21 heavy (non-hydrogen) atoms. The summed E-state index contributed by atoms with van der Waals surface area (Å²) in [4.78, 5) is 0. The number of anilines is 1. The summed E-state index contributed by atoms with van der Waals surface area (Å²) in [6, 6.07) is 11.3. The number of ether oxygens (including phenoxy) is 3. The Balaban J connectivity index is 1.92. The van der Waals surface area contributed by atoms with Crippen molar-refractivity contribution < 1.29 is 14.2 Å². The molecule has 0 amide bonds. The molecule has 1 heterocycles. The summed E-state index contributed by atoms with van der Waals surface area (Å²) in [6.07, 6.45) is 0.880. The molecular formula is C17H19NO3. The van der Waals surface area contributed by atoms with Crippen LogP contribution in [0.2, 0.25) is 0 Å². The fourth-order valence-corrected chi connectivity index (χ4v) is 2.55. The largest absolute Gasteiger partial charge is 0.494 e. The Labute approximate surface area is 124 Å². The van der Waals surface area contributed by atoms with Gasteiger partial charge in [0.2, 0.25) is 0 Å². The van der Waals surface area contributed by atoms with Crippen LogP contribution in [0.1, 0.15) is 19.4 Å². The third-order valence-corrected chi connectivity index (χ3v) is 3.49. The number of hydrogen-bond acceptors (Lipinski definition) is 4. The van der Waals surface area contributed by atoms with E-state index in [2.05, 4.69) is 19.9 Å². The van der Waals surface area contributed by atoms with Gasteiger partial charge in [-0.3, -0.25) is 0 Å². The van der Waals surface area contributed by atoms with Gasteiger partial charge in [0.05, 0.1) is 12.8 Å². The second kappa shape index (κ2) is 4.88. The van der Waals surface area contributed by atoms with E-state index in [1.165, 1.54) is 5.56 Å². The van der Waals surface area contributed by atoms with E-state index in [1.54, 1.807) is 19.2 Å². The summed E-state index contributed by atoms with van der Waals surface area (Å²) in [7, 11) is 1.58. The van der Waals surface area contributed by atoms with Crippen molar-refractivity contribution >= 4 is 5.69 Å². The van der Waals surface area contributed by atoms with Gasteiger partial charge in [-0.05, 0) is 32.0 Å². The number of methoxy groups -OCH3 is 1. The molecule has 2 N–H and O–H groups in total. The molecule has 4 nitrogen and oxygen atoms in total. The van der Waals surface area contributed by atoms with E-state index in [9.17, 15) is 0 Å². The lowest BCUT2D eigenvalue weighted by Crippen LogP contribution is -2.24. The molecule has 3 rings (SSSR count). The third kappa shape index (κ3) is 2.61. The molecule has 2 aromatic carbocycles. The van der Waals surface area contributed by atoms with Gasteiger partial charge in [-0.1, -0.05) is 12.1 Å². The van der Waals surface area contributed by atoms with Crippen LogP contribution in [0.4, 0.5) is 5.69 Å². The minimum Gasteiger partial charge on any atom is -0.494 e. The highest BCUT2D eigenvalue weighted by Gasteiger charge is 2.32. The molecule has 0 bridgehead atoms. The van der Waals surface area contributed by atoms with E-state index in [0.717, 1.165) is 12.2 Å². The van der Waals surface area contributed by atoms with Crippen LogP contribution in [0.25, 0.3) is 0 Å². The highest BCUT2D eigenvalue weighted by Crippen LogP contribution is 2.43. The zero-order valence-corrected chi connectivity index (χ0v) is 12.5. The molecule has 0 atom stereocenters. The summed E-state index contributed by atoms with van der Waals surface area (Å²) in [5, 5.41) is 0. The van der Waals surface area contributed by atoms with Crippen LogP contribution < -0.4 is 19.9 Å². The van der Waals surface area contributed by atoms with Gasteiger partial charge in [-0.2, -0.15) is 0 Å². The van der Waals surface area contributed by atoms with Crippen LogP contribution >= 0.6 is 0 Å². The summed E-state index contributed by atoms with van der Waals surface area (Å²) in [6.45, 7) is 4.14. The van der Waals surface area contributed by atoms with Crippen molar-refractivity contribution in [3.05, 3.63) is 42.0 Å². The normalized spacial score (nSPS) is 15.2. The van der Waals surface area contributed by atoms with Gasteiger partial charge in [0.15, 0.2) is 11.5 Å². The maximum absolute atomic E-state index is 6.00. The van der Waals surface area contributed by atoms with Crippen molar-refractivity contribution in [1.29, 1.82) is 0 Å². The monoisotopic (exact) mass is 285 g/mol. The Morgan fingerprint density at radius 1 is 1.14 bits per heavy atom. The molecule has 1 aliphatic heterocycles. The molecule has 0 radical (unpaired) electrons. The predicted molar refractivity (Wildman–Crippen MR) is 82.3 cm³/mol. The predicted octanol–water partition coefficient (Wildman–Crippen LogP) is 3.78. The lowest BCUT2D eigenvalue weighted by atomic mass is 10.0. The van der Waals surface area contributed by atoms with E-state index < -0.39 is 0 Å². The van der Waals surface area contributed by atoms with Crippen LogP contribution in [0, 0.1) is 0 Å². The first-order valence-electron chi connectivity index (χ1n) is 6.91. The Kier molecular flexibility index (Phi) is 3.16. The number of nitrogens with two attached hydrogens (primary N) is 1. The van der Waals surface area contributed by atoms with Gasteiger partial charge in [0.1, 0.15) is 17.1 Å². The highest BCUT2D eigenvalue weighted by atomic mass is 16.5. The lowest BCUT2D eigenvalue weighted by molar-refractivity contribution is 0.135. The van der Waals surface area contributed by atoms with E-state index in [4.69, 9.17) is 19.9 Å². The minimum atomic E-state index is -0.194. The number of hydrogen-bond donors (Lipinski definition) is 1. The second-order valence-corrected chi connectivity index (χ2v) is 5.79. The molecular weight excluding hydrogens is 266 g/mol. The van der Waals surface area contributed by atoms with E-state index in [0.29, 0.717) is 22.9 Å². The average Bonchev–Trinajstić information content (AvgIpc) is 2.76. The number of fused-ring (bicyclic) bond motifs is 1. The van der Waals surface area contributed by atoms with Crippen molar-refractivity contribution in [2.24, 2.45) is 0 Å². The maximum atomic E-state index is 6.00. The summed E-state index contributed by atoms with van der Waals surface area (Å²) in [5.74, 6) is 2.80. The lowest BCUT2D eigenvalue weighted by Gasteiger charge is -2.18. The molecule has 0 fully saturated rings. The van der Waals surface area contributed by atoms with E-state index >= 15 is 0 Å².